The minimum atomic E-state index is 0.638. The van der Waals surface area contributed by atoms with Crippen LogP contribution < -0.4 is 5.32 Å². The topological polar surface area (TPSA) is 37.8 Å². The van der Waals surface area contributed by atoms with Gasteiger partial charge in [0.05, 0.1) is 5.69 Å². The van der Waals surface area contributed by atoms with Gasteiger partial charge in [0.15, 0.2) is 0 Å². The van der Waals surface area contributed by atoms with Crippen LogP contribution in [0.1, 0.15) is 11.3 Å². The molecule has 0 aliphatic carbocycles. The zero-order chi connectivity index (χ0) is 12.2. The van der Waals surface area contributed by atoms with Crippen LogP contribution in [-0.2, 0) is 13.0 Å². The Labute approximate surface area is 111 Å². The van der Waals surface area contributed by atoms with Crippen molar-refractivity contribution in [2.75, 3.05) is 6.54 Å². The number of aromatic nitrogens is 2. The first kappa shape index (κ1) is 11.7. The van der Waals surface area contributed by atoms with E-state index in [1.54, 1.807) is 6.20 Å². The van der Waals surface area contributed by atoms with Crippen molar-refractivity contribution in [1.82, 2.24) is 15.5 Å². The van der Waals surface area contributed by atoms with E-state index < -0.39 is 0 Å². The van der Waals surface area contributed by atoms with E-state index in [0.717, 1.165) is 25.2 Å². The fourth-order valence-corrected chi connectivity index (χ4v) is 3.44. The Hall–Kier alpha value is -1.39. The molecular formula is C14H15N3S. The van der Waals surface area contributed by atoms with Crippen LogP contribution in [0.3, 0.4) is 0 Å². The van der Waals surface area contributed by atoms with Crippen LogP contribution >= 0.6 is 11.8 Å². The molecule has 1 N–H and O–H groups in total. The van der Waals surface area contributed by atoms with Gasteiger partial charge in [0.1, 0.15) is 0 Å². The van der Waals surface area contributed by atoms with Crippen molar-refractivity contribution in [3.05, 3.63) is 53.9 Å². The number of hydrogen-bond donors (Lipinski definition) is 1. The summed E-state index contributed by atoms with van der Waals surface area (Å²) in [6, 6.07) is 12.6. The van der Waals surface area contributed by atoms with Crippen LogP contribution in [0.4, 0.5) is 0 Å². The molecule has 0 saturated carbocycles. The van der Waals surface area contributed by atoms with Crippen LogP contribution in [0, 0.1) is 0 Å². The van der Waals surface area contributed by atoms with Gasteiger partial charge in [-0.3, -0.25) is 0 Å². The quantitative estimate of drug-likeness (QED) is 0.912. The average Bonchev–Trinajstić information content (AvgIpc) is 2.82. The fraction of sp³-hybridized carbons (Fsp3) is 0.286. The maximum absolute atomic E-state index is 4.06. The maximum atomic E-state index is 4.06. The summed E-state index contributed by atoms with van der Waals surface area (Å²) in [7, 11) is 0. The Balaban J connectivity index is 1.49. The zero-order valence-electron chi connectivity index (χ0n) is 10.0. The summed E-state index contributed by atoms with van der Waals surface area (Å²) >= 11 is 1.97. The second kappa shape index (κ2) is 5.50. The lowest BCUT2D eigenvalue weighted by Gasteiger charge is -2.09. The maximum Gasteiger partial charge on any atom is 0.0768 e. The molecule has 3 rings (SSSR count). The first-order valence-electron chi connectivity index (χ1n) is 6.14. The number of rotatable bonds is 4. The molecule has 2 aromatic rings. The summed E-state index contributed by atoms with van der Waals surface area (Å²) < 4.78 is 0. The summed E-state index contributed by atoms with van der Waals surface area (Å²) in [6.45, 7) is 1.80. The fourth-order valence-electron chi connectivity index (χ4n) is 2.16. The Kier molecular flexibility index (Phi) is 3.57. The van der Waals surface area contributed by atoms with E-state index in [9.17, 15) is 0 Å². The Morgan fingerprint density at radius 3 is 3.00 bits per heavy atom. The van der Waals surface area contributed by atoms with E-state index in [1.165, 1.54) is 10.5 Å². The van der Waals surface area contributed by atoms with E-state index in [-0.39, 0.29) is 0 Å². The molecule has 1 unspecified atom stereocenters. The number of benzene rings is 1. The highest BCUT2D eigenvalue weighted by atomic mass is 32.2. The molecule has 0 spiro atoms. The lowest BCUT2D eigenvalue weighted by atomic mass is 10.1. The van der Waals surface area contributed by atoms with E-state index in [2.05, 4.69) is 39.8 Å². The SMILES string of the molecule is c1cnnc(CNCC2Cc3ccccc3S2)c1. The molecule has 0 saturated heterocycles. The molecule has 1 aromatic carbocycles. The summed E-state index contributed by atoms with van der Waals surface area (Å²) in [5.74, 6) is 0. The molecule has 0 amide bonds. The zero-order valence-corrected chi connectivity index (χ0v) is 10.9. The van der Waals surface area contributed by atoms with Gasteiger partial charge in [-0.25, -0.2) is 0 Å². The van der Waals surface area contributed by atoms with Gasteiger partial charge in [0, 0.05) is 29.4 Å². The molecule has 0 radical (unpaired) electrons. The number of fused-ring (bicyclic) bond motifs is 1. The second-order valence-electron chi connectivity index (χ2n) is 4.40. The number of nitrogens with one attached hydrogen (secondary N) is 1. The van der Waals surface area contributed by atoms with Crippen LogP contribution in [0.5, 0.6) is 0 Å². The summed E-state index contributed by atoms with van der Waals surface area (Å²) in [5, 5.41) is 12.0. The van der Waals surface area contributed by atoms with Gasteiger partial charge in [-0.15, -0.1) is 11.8 Å². The summed E-state index contributed by atoms with van der Waals surface area (Å²) in [6.07, 6.45) is 2.86. The molecule has 1 aliphatic heterocycles. The lowest BCUT2D eigenvalue weighted by Crippen LogP contribution is -2.24. The van der Waals surface area contributed by atoms with Crippen LogP contribution in [0.2, 0.25) is 0 Å². The smallest absolute Gasteiger partial charge is 0.0768 e. The monoisotopic (exact) mass is 257 g/mol. The van der Waals surface area contributed by atoms with Gasteiger partial charge in [0.2, 0.25) is 0 Å². The van der Waals surface area contributed by atoms with Crippen molar-refractivity contribution in [2.24, 2.45) is 0 Å². The van der Waals surface area contributed by atoms with Crippen molar-refractivity contribution < 1.29 is 0 Å². The van der Waals surface area contributed by atoms with E-state index in [0.29, 0.717) is 5.25 Å². The molecule has 1 aliphatic rings. The predicted octanol–water partition coefficient (Wildman–Crippen LogP) is 2.28. The van der Waals surface area contributed by atoms with Gasteiger partial charge in [-0.05, 0) is 30.2 Å². The minimum absolute atomic E-state index is 0.638. The minimum Gasteiger partial charge on any atom is -0.310 e. The van der Waals surface area contributed by atoms with Gasteiger partial charge in [-0.2, -0.15) is 10.2 Å². The highest BCUT2D eigenvalue weighted by Crippen LogP contribution is 2.36. The molecule has 3 nitrogen and oxygen atoms in total. The molecule has 4 heteroatoms. The standard InChI is InChI=1S/C14H15N3S/c1-2-6-14-11(4-1)8-13(18-14)10-15-9-12-5-3-7-16-17-12/h1-7,13,15H,8-10H2. The van der Waals surface area contributed by atoms with Crippen molar-refractivity contribution in [2.45, 2.75) is 23.1 Å². The van der Waals surface area contributed by atoms with E-state index in [1.807, 2.05) is 23.9 Å². The van der Waals surface area contributed by atoms with Gasteiger partial charge in [-0.1, -0.05) is 18.2 Å². The molecule has 18 heavy (non-hydrogen) atoms. The summed E-state index contributed by atoms with van der Waals surface area (Å²) in [4.78, 5) is 1.43. The third-order valence-corrected chi connectivity index (χ3v) is 4.34. The van der Waals surface area contributed by atoms with Gasteiger partial charge >= 0.3 is 0 Å². The van der Waals surface area contributed by atoms with Crippen LogP contribution in [-0.4, -0.2) is 22.0 Å². The summed E-state index contributed by atoms with van der Waals surface area (Å²) in [5.41, 5.74) is 2.48. The van der Waals surface area contributed by atoms with Crippen LogP contribution in [0.15, 0.2) is 47.5 Å². The van der Waals surface area contributed by atoms with E-state index >= 15 is 0 Å². The van der Waals surface area contributed by atoms with Crippen molar-refractivity contribution in [1.29, 1.82) is 0 Å². The second-order valence-corrected chi connectivity index (χ2v) is 5.74. The third-order valence-electron chi connectivity index (χ3n) is 3.02. The molecular weight excluding hydrogens is 242 g/mol. The van der Waals surface area contributed by atoms with Gasteiger partial charge < -0.3 is 5.32 Å². The molecule has 1 atom stereocenters. The lowest BCUT2D eigenvalue weighted by molar-refractivity contribution is 0.648. The Morgan fingerprint density at radius 2 is 2.17 bits per heavy atom. The van der Waals surface area contributed by atoms with Gasteiger partial charge in [0.25, 0.3) is 0 Å². The normalized spacial score (nSPS) is 17.7. The van der Waals surface area contributed by atoms with Crippen molar-refractivity contribution in [3.63, 3.8) is 0 Å². The average molecular weight is 257 g/mol. The highest BCUT2D eigenvalue weighted by molar-refractivity contribution is 8.00. The van der Waals surface area contributed by atoms with Crippen molar-refractivity contribution >= 4 is 11.8 Å². The number of nitrogens with zero attached hydrogens (tertiary/aromatic N) is 2. The largest absolute Gasteiger partial charge is 0.310 e. The molecule has 92 valence electrons. The first-order valence-corrected chi connectivity index (χ1v) is 7.01. The van der Waals surface area contributed by atoms with Crippen LogP contribution in [0.25, 0.3) is 0 Å². The Bertz CT molecular complexity index is 490. The highest BCUT2D eigenvalue weighted by Gasteiger charge is 2.20. The molecule has 1 aromatic heterocycles. The number of thioether (sulfide) groups is 1. The van der Waals surface area contributed by atoms with E-state index in [4.69, 9.17) is 0 Å². The molecule has 0 fully saturated rings. The van der Waals surface area contributed by atoms with Crippen molar-refractivity contribution in [3.8, 4) is 0 Å². The molecule has 0 bridgehead atoms. The number of hydrogen-bond acceptors (Lipinski definition) is 4. The third kappa shape index (κ3) is 2.71. The first-order chi connectivity index (χ1) is 8.92. The Morgan fingerprint density at radius 1 is 1.22 bits per heavy atom. The predicted molar refractivity (Wildman–Crippen MR) is 73.5 cm³/mol. The molecule has 2 heterocycles.